The Morgan fingerprint density at radius 2 is 2.04 bits per heavy atom. The van der Waals surface area contributed by atoms with Crippen molar-refractivity contribution in [1.29, 1.82) is 0 Å². The molecule has 4 aromatic rings. The summed E-state index contributed by atoms with van der Waals surface area (Å²) in [6, 6.07) is 10.3. The molecule has 0 saturated carbocycles. The van der Waals surface area contributed by atoms with Gasteiger partial charge in [0.05, 0.1) is 10.6 Å². The molecule has 4 rings (SSSR count). The van der Waals surface area contributed by atoms with Crippen LogP contribution in [0.4, 0.5) is 0 Å². The summed E-state index contributed by atoms with van der Waals surface area (Å²) >= 11 is 7.97. The van der Waals surface area contributed by atoms with Gasteiger partial charge in [0.1, 0.15) is 4.21 Å². The van der Waals surface area contributed by atoms with Crippen LogP contribution in [0.2, 0.25) is 4.47 Å². The van der Waals surface area contributed by atoms with E-state index in [1.165, 1.54) is 0 Å². The second-order valence-electron chi connectivity index (χ2n) is 5.18. The number of halogens is 1. The Morgan fingerprint density at radius 3 is 2.77 bits per heavy atom. The van der Waals surface area contributed by atoms with Crippen molar-refractivity contribution in [3.63, 3.8) is 0 Å². The smallest absolute Gasteiger partial charge is 0.204 e. The van der Waals surface area contributed by atoms with Gasteiger partial charge in [-0.1, -0.05) is 18.2 Å². The van der Waals surface area contributed by atoms with Gasteiger partial charge in [0, 0.05) is 5.56 Å². The van der Waals surface area contributed by atoms with Gasteiger partial charge in [-0.25, -0.2) is 13.4 Å². The molecule has 3 heterocycles. The van der Waals surface area contributed by atoms with Crippen LogP contribution in [0.15, 0.2) is 40.6 Å². The van der Waals surface area contributed by atoms with Crippen molar-refractivity contribution in [1.82, 2.24) is 30.0 Å². The molecule has 0 saturated heterocycles. The SMILES string of the molecule is O=S(=O)(Cc1cccc(-c2nn[nH]n2)c1)c1ccc(-c2nsc(Cl)n2)s1. The van der Waals surface area contributed by atoms with E-state index in [0.717, 1.165) is 22.9 Å². The molecule has 0 fully saturated rings. The minimum absolute atomic E-state index is 0.135. The molecule has 0 atom stereocenters. The lowest BCUT2D eigenvalue weighted by Gasteiger charge is -2.03. The van der Waals surface area contributed by atoms with Crippen LogP contribution in [-0.4, -0.2) is 38.4 Å². The number of H-pyrrole nitrogens is 1. The van der Waals surface area contributed by atoms with Crippen molar-refractivity contribution in [2.24, 2.45) is 0 Å². The molecule has 0 bridgehead atoms. The maximum atomic E-state index is 12.7. The van der Waals surface area contributed by atoms with E-state index < -0.39 is 9.84 Å². The molecular formula is C14H9ClN6O2S3. The summed E-state index contributed by atoms with van der Waals surface area (Å²) in [5.74, 6) is 0.712. The highest BCUT2D eigenvalue weighted by Crippen LogP contribution is 2.32. The van der Waals surface area contributed by atoms with Gasteiger partial charge in [-0.05, 0) is 52.1 Å². The third-order valence-corrected chi connectivity index (χ3v) is 7.54. The number of nitrogens with one attached hydrogen (secondary N) is 1. The summed E-state index contributed by atoms with van der Waals surface area (Å²) in [7, 11) is -3.51. The number of thiophene rings is 1. The largest absolute Gasteiger partial charge is 0.223 e. The first-order valence-electron chi connectivity index (χ1n) is 7.16. The van der Waals surface area contributed by atoms with E-state index in [0.29, 0.717) is 32.1 Å². The quantitative estimate of drug-likeness (QED) is 0.523. The third kappa shape index (κ3) is 3.51. The minimum atomic E-state index is -3.51. The van der Waals surface area contributed by atoms with Crippen LogP contribution in [0.25, 0.3) is 22.1 Å². The van der Waals surface area contributed by atoms with E-state index in [1.807, 2.05) is 0 Å². The number of tetrazole rings is 1. The Hall–Kier alpha value is -2.21. The van der Waals surface area contributed by atoms with E-state index in [1.54, 1.807) is 36.4 Å². The lowest BCUT2D eigenvalue weighted by Crippen LogP contribution is -2.03. The Labute approximate surface area is 161 Å². The summed E-state index contributed by atoms with van der Waals surface area (Å²) in [4.78, 5) is 4.73. The second kappa shape index (κ2) is 6.83. The van der Waals surface area contributed by atoms with Gasteiger partial charge >= 0.3 is 0 Å². The molecule has 132 valence electrons. The molecule has 0 aliphatic heterocycles. The Bertz CT molecular complexity index is 1150. The molecule has 3 aromatic heterocycles. The van der Waals surface area contributed by atoms with Gasteiger partial charge in [0.2, 0.25) is 10.3 Å². The molecule has 1 aromatic carbocycles. The van der Waals surface area contributed by atoms with Gasteiger partial charge in [-0.3, -0.25) is 0 Å². The molecule has 0 aliphatic rings. The number of aromatic amines is 1. The molecule has 12 heteroatoms. The summed E-state index contributed by atoms with van der Waals surface area (Å²) < 4.78 is 30.2. The Balaban J connectivity index is 1.60. The van der Waals surface area contributed by atoms with Crippen LogP contribution in [0.5, 0.6) is 0 Å². The molecule has 0 spiro atoms. The predicted molar refractivity (Wildman–Crippen MR) is 98.7 cm³/mol. The highest BCUT2D eigenvalue weighted by atomic mass is 35.5. The van der Waals surface area contributed by atoms with Gasteiger partial charge in [0.25, 0.3) is 0 Å². The van der Waals surface area contributed by atoms with Gasteiger partial charge in [-0.2, -0.15) is 9.59 Å². The fourth-order valence-electron chi connectivity index (χ4n) is 2.29. The van der Waals surface area contributed by atoms with Crippen molar-refractivity contribution < 1.29 is 8.42 Å². The van der Waals surface area contributed by atoms with Crippen molar-refractivity contribution >= 4 is 44.3 Å². The minimum Gasteiger partial charge on any atom is -0.223 e. The average Bonchev–Trinajstić information content (AvgIpc) is 3.36. The Kier molecular flexibility index (Phi) is 4.53. The van der Waals surface area contributed by atoms with E-state index >= 15 is 0 Å². The number of sulfone groups is 1. The number of nitrogens with zero attached hydrogens (tertiary/aromatic N) is 5. The van der Waals surface area contributed by atoms with Crippen molar-refractivity contribution in [2.45, 2.75) is 9.96 Å². The van der Waals surface area contributed by atoms with E-state index in [2.05, 4.69) is 30.0 Å². The highest BCUT2D eigenvalue weighted by Gasteiger charge is 2.20. The standard InChI is InChI=1S/C14H9ClN6O2S3/c15-14-16-13(19-25-14)10-4-5-11(24-10)26(22,23)7-8-2-1-3-9(6-8)12-17-20-21-18-12/h1-6H,7H2,(H,17,18,20,21). The first-order valence-corrected chi connectivity index (χ1v) is 10.8. The summed E-state index contributed by atoms with van der Waals surface area (Å²) in [5.41, 5.74) is 1.33. The maximum Gasteiger partial charge on any atom is 0.204 e. The number of aromatic nitrogens is 6. The number of benzene rings is 1. The van der Waals surface area contributed by atoms with Crippen LogP contribution in [0.1, 0.15) is 5.56 Å². The number of hydrogen-bond acceptors (Lipinski definition) is 9. The molecular weight excluding hydrogens is 416 g/mol. The summed E-state index contributed by atoms with van der Waals surface area (Å²) in [5, 5.41) is 13.7. The van der Waals surface area contributed by atoms with Crippen LogP contribution in [-0.2, 0) is 15.6 Å². The highest BCUT2D eigenvalue weighted by molar-refractivity contribution is 7.92. The topological polar surface area (TPSA) is 114 Å². The Morgan fingerprint density at radius 1 is 1.15 bits per heavy atom. The van der Waals surface area contributed by atoms with Crippen molar-refractivity contribution in [3.05, 3.63) is 46.4 Å². The maximum absolute atomic E-state index is 12.7. The zero-order valence-electron chi connectivity index (χ0n) is 12.8. The van der Waals surface area contributed by atoms with Crippen molar-refractivity contribution in [2.75, 3.05) is 0 Å². The molecule has 0 unspecified atom stereocenters. The van der Waals surface area contributed by atoms with Crippen molar-refractivity contribution in [3.8, 4) is 22.1 Å². The predicted octanol–water partition coefficient (Wildman–Crippen LogP) is 3.07. The first kappa shape index (κ1) is 17.2. The van der Waals surface area contributed by atoms with Gasteiger partial charge < -0.3 is 0 Å². The average molecular weight is 425 g/mol. The zero-order valence-corrected chi connectivity index (χ0v) is 16.0. The molecule has 26 heavy (non-hydrogen) atoms. The lowest BCUT2D eigenvalue weighted by molar-refractivity contribution is 0.597. The molecule has 0 aliphatic carbocycles. The molecule has 0 radical (unpaired) electrons. The number of rotatable bonds is 5. The third-order valence-electron chi connectivity index (χ3n) is 3.40. The van der Waals surface area contributed by atoms with E-state index in [-0.39, 0.29) is 9.96 Å². The van der Waals surface area contributed by atoms with Crippen LogP contribution < -0.4 is 0 Å². The van der Waals surface area contributed by atoms with Crippen LogP contribution >= 0.6 is 34.5 Å². The molecule has 8 nitrogen and oxygen atoms in total. The van der Waals surface area contributed by atoms with Gasteiger partial charge in [-0.15, -0.1) is 21.5 Å². The van der Waals surface area contributed by atoms with Crippen LogP contribution in [0.3, 0.4) is 0 Å². The van der Waals surface area contributed by atoms with Gasteiger partial charge in [0.15, 0.2) is 15.7 Å². The fourth-order valence-corrected chi connectivity index (χ4v) is 5.62. The van der Waals surface area contributed by atoms with Crippen LogP contribution in [0, 0.1) is 0 Å². The zero-order chi connectivity index (χ0) is 18.1. The van der Waals surface area contributed by atoms with E-state index in [9.17, 15) is 8.42 Å². The normalized spacial score (nSPS) is 11.7. The number of hydrogen-bond donors (Lipinski definition) is 1. The lowest BCUT2D eigenvalue weighted by atomic mass is 10.1. The summed E-state index contributed by atoms with van der Waals surface area (Å²) in [6.45, 7) is 0. The summed E-state index contributed by atoms with van der Waals surface area (Å²) in [6.07, 6.45) is 0. The monoisotopic (exact) mass is 424 g/mol. The fraction of sp³-hybridized carbons (Fsp3) is 0.0714. The molecule has 0 amide bonds. The molecule has 1 N–H and O–H groups in total. The first-order chi connectivity index (χ1) is 12.5. The van der Waals surface area contributed by atoms with E-state index in [4.69, 9.17) is 11.6 Å². The second-order valence-corrected chi connectivity index (χ2v) is 9.82.